The minimum absolute atomic E-state index is 0.117. The number of nitrogens with one attached hydrogen (secondary N) is 2. The molecule has 0 aliphatic rings. The van der Waals surface area contributed by atoms with Crippen LogP contribution in [0.25, 0.3) is 0 Å². The second-order valence-electron chi connectivity index (χ2n) is 4.85. The molecule has 2 aromatic carbocycles. The van der Waals surface area contributed by atoms with Crippen LogP contribution in [0.5, 0.6) is 5.75 Å². The van der Waals surface area contributed by atoms with Crippen LogP contribution in [0, 0.1) is 0 Å². The Kier molecular flexibility index (Phi) is 5.73. The molecule has 0 atom stereocenters. The largest absolute Gasteiger partial charge is 0.497 e. The van der Waals surface area contributed by atoms with Crippen LogP contribution < -0.4 is 14.8 Å². The number of amides is 1. The van der Waals surface area contributed by atoms with Gasteiger partial charge in [-0.25, -0.2) is 13.1 Å². The molecule has 0 saturated carbocycles. The van der Waals surface area contributed by atoms with E-state index in [0.29, 0.717) is 17.0 Å². The van der Waals surface area contributed by atoms with Crippen molar-refractivity contribution in [2.24, 2.45) is 0 Å². The van der Waals surface area contributed by atoms with Crippen molar-refractivity contribution in [1.82, 2.24) is 4.72 Å². The molecule has 2 rings (SSSR count). The first kappa shape index (κ1) is 17.7. The van der Waals surface area contributed by atoms with Gasteiger partial charge in [-0.3, -0.25) is 4.79 Å². The first-order valence-corrected chi connectivity index (χ1v) is 8.60. The maximum absolute atomic E-state index is 12.1. The van der Waals surface area contributed by atoms with E-state index in [9.17, 15) is 13.2 Å². The number of hydrogen-bond donors (Lipinski definition) is 2. The molecule has 6 nitrogen and oxygen atoms in total. The number of anilines is 1. The zero-order valence-electron chi connectivity index (χ0n) is 13.2. The lowest BCUT2D eigenvalue weighted by atomic mass is 10.2. The molecule has 0 radical (unpaired) electrons. The third-order valence-electron chi connectivity index (χ3n) is 3.19. The summed E-state index contributed by atoms with van der Waals surface area (Å²) in [4.78, 5) is 12.3. The Labute approximate surface area is 141 Å². The third kappa shape index (κ3) is 4.43. The molecule has 2 aromatic rings. The topological polar surface area (TPSA) is 84.5 Å². The normalized spacial score (nSPS) is 10.9. The van der Waals surface area contributed by atoms with Gasteiger partial charge in [-0.15, -0.1) is 6.58 Å². The van der Waals surface area contributed by atoms with Crippen LogP contribution in [0.3, 0.4) is 0 Å². The van der Waals surface area contributed by atoms with Gasteiger partial charge in [-0.2, -0.15) is 0 Å². The monoisotopic (exact) mass is 346 g/mol. The molecule has 0 aliphatic heterocycles. The van der Waals surface area contributed by atoms with Crippen LogP contribution >= 0.6 is 0 Å². The minimum Gasteiger partial charge on any atom is -0.497 e. The van der Waals surface area contributed by atoms with E-state index in [1.54, 1.807) is 31.4 Å². The molecular weight excluding hydrogens is 328 g/mol. The van der Waals surface area contributed by atoms with Crippen LogP contribution in [0.15, 0.2) is 66.1 Å². The van der Waals surface area contributed by atoms with E-state index in [0.717, 1.165) is 0 Å². The molecule has 24 heavy (non-hydrogen) atoms. The summed E-state index contributed by atoms with van der Waals surface area (Å²) in [7, 11) is -2.03. The fraction of sp³-hybridized carbons (Fsp3) is 0.118. The Balaban J connectivity index is 2.07. The summed E-state index contributed by atoms with van der Waals surface area (Å²) in [5, 5.41) is 2.71. The van der Waals surface area contributed by atoms with Gasteiger partial charge in [0.2, 0.25) is 10.0 Å². The maximum atomic E-state index is 12.1. The standard InChI is InChI=1S/C17H18N2O4S/c1-3-12-18-24(21,22)16-10-6-14(7-11-16)19-17(20)13-4-8-15(23-2)9-5-13/h3-11,18H,1,12H2,2H3,(H,19,20). The predicted molar refractivity (Wildman–Crippen MR) is 92.8 cm³/mol. The summed E-state index contributed by atoms with van der Waals surface area (Å²) >= 11 is 0. The second-order valence-corrected chi connectivity index (χ2v) is 6.61. The number of rotatable bonds is 7. The molecule has 0 aliphatic carbocycles. The van der Waals surface area contributed by atoms with Crippen LogP contribution in [-0.2, 0) is 10.0 Å². The SMILES string of the molecule is C=CCNS(=O)(=O)c1ccc(NC(=O)c2ccc(OC)cc2)cc1. The fourth-order valence-corrected chi connectivity index (χ4v) is 2.91. The highest BCUT2D eigenvalue weighted by Crippen LogP contribution is 2.16. The zero-order chi connectivity index (χ0) is 17.6. The molecule has 0 fully saturated rings. The Morgan fingerprint density at radius 1 is 1.12 bits per heavy atom. The average Bonchev–Trinajstić information content (AvgIpc) is 2.60. The molecule has 1 amide bonds. The Hall–Kier alpha value is -2.64. The van der Waals surface area contributed by atoms with Crippen LogP contribution in [0.2, 0.25) is 0 Å². The highest BCUT2D eigenvalue weighted by molar-refractivity contribution is 7.89. The van der Waals surface area contributed by atoms with Crippen molar-refractivity contribution in [2.75, 3.05) is 19.0 Å². The molecule has 0 saturated heterocycles. The van der Waals surface area contributed by atoms with Gasteiger partial charge in [0.25, 0.3) is 5.91 Å². The molecule has 0 unspecified atom stereocenters. The van der Waals surface area contributed by atoms with E-state index in [-0.39, 0.29) is 17.3 Å². The summed E-state index contributed by atoms with van der Waals surface area (Å²) in [5.74, 6) is 0.367. The lowest BCUT2D eigenvalue weighted by Crippen LogP contribution is -2.23. The summed E-state index contributed by atoms with van der Waals surface area (Å²) in [6.07, 6.45) is 1.46. The average molecular weight is 346 g/mol. The quantitative estimate of drug-likeness (QED) is 0.754. The van der Waals surface area contributed by atoms with E-state index < -0.39 is 10.0 Å². The van der Waals surface area contributed by atoms with Crippen LogP contribution in [0.4, 0.5) is 5.69 Å². The highest BCUT2D eigenvalue weighted by Gasteiger charge is 2.13. The minimum atomic E-state index is -3.58. The molecule has 7 heteroatoms. The molecule has 2 N–H and O–H groups in total. The smallest absolute Gasteiger partial charge is 0.255 e. The van der Waals surface area contributed by atoms with Crippen molar-refractivity contribution >= 4 is 21.6 Å². The van der Waals surface area contributed by atoms with E-state index in [2.05, 4.69) is 16.6 Å². The van der Waals surface area contributed by atoms with E-state index >= 15 is 0 Å². The Morgan fingerprint density at radius 3 is 2.29 bits per heavy atom. The first-order chi connectivity index (χ1) is 11.5. The maximum Gasteiger partial charge on any atom is 0.255 e. The van der Waals surface area contributed by atoms with Crippen LogP contribution in [0.1, 0.15) is 10.4 Å². The van der Waals surface area contributed by atoms with Gasteiger partial charge in [0, 0.05) is 17.8 Å². The number of methoxy groups -OCH3 is 1. The molecular formula is C17H18N2O4S. The number of ether oxygens (including phenoxy) is 1. The third-order valence-corrected chi connectivity index (χ3v) is 4.63. The highest BCUT2D eigenvalue weighted by atomic mass is 32.2. The fourth-order valence-electron chi connectivity index (χ4n) is 1.92. The van der Waals surface area contributed by atoms with Gasteiger partial charge < -0.3 is 10.1 Å². The van der Waals surface area contributed by atoms with Crippen molar-refractivity contribution in [2.45, 2.75) is 4.90 Å². The molecule has 0 spiro atoms. The predicted octanol–water partition coefficient (Wildman–Crippen LogP) is 2.41. The van der Waals surface area contributed by atoms with E-state index in [1.807, 2.05) is 0 Å². The summed E-state index contributed by atoms with van der Waals surface area (Å²) in [6.45, 7) is 3.61. The van der Waals surface area contributed by atoms with Gasteiger partial charge in [-0.05, 0) is 48.5 Å². The summed E-state index contributed by atoms with van der Waals surface area (Å²) in [6, 6.07) is 12.6. The van der Waals surface area contributed by atoms with Crippen molar-refractivity contribution in [1.29, 1.82) is 0 Å². The lowest BCUT2D eigenvalue weighted by molar-refractivity contribution is 0.102. The van der Waals surface area contributed by atoms with Crippen molar-refractivity contribution in [3.63, 3.8) is 0 Å². The number of benzene rings is 2. The second kappa shape index (κ2) is 7.76. The van der Waals surface area contributed by atoms with Gasteiger partial charge in [0.1, 0.15) is 5.75 Å². The van der Waals surface area contributed by atoms with Crippen molar-refractivity contribution < 1.29 is 17.9 Å². The van der Waals surface area contributed by atoms with Gasteiger partial charge in [0.15, 0.2) is 0 Å². The Bertz CT molecular complexity index is 813. The van der Waals surface area contributed by atoms with E-state index in [4.69, 9.17) is 4.74 Å². The van der Waals surface area contributed by atoms with Gasteiger partial charge >= 0.3 is 0 Å². The van der Waals surface area contributed by atoms with Crippen molar-refractivity contribution in [3.05, 3.63) is 66.7 Å². The first-order valence-electron chi connectivity index (χ1n) is 7.12. The number of carbonyl (C=O) groups excluding carboxylic acids is 1. The van der Waals surface area contributed by atoms with E-state index in [1.165, 1.54) is 30.3 Å². The molecule has 0 bridgehead atoms. The summed E-state index contributed by atoms with van der Waals surface area (Å²) in [5.41, 5.74) is 0.971. The van der Waals surface area contributed by atoms with Gasteiger partial charge in [-0.1, -0.05) is 6.08 Å². The summed E-state index contributed by atoms with van der Waals surface area (Å²) < 4.78 is 31.3. The number of hydrogen-bond acceptors (Lipinski definition) is 4. The molecule has 0 heterocycles. The zero-order valence-corrected chi connectivity index (χ0v) is 14.0. The lowest BCUT2D eigenvalue weighted by Gasteiger charge is -2.08. The Morgan fingerprint density at radius 2 is 1.75 bits per heavy atom. The van der Waals surface area contributed by atoms with Crippen molar-refractivity contribution in [3.8, 4) is 5.75 Å². The van der Waals surface area contributed by atoms with Crippen LogP contribution in [-0.4, -0.2) is 28.0 Å². The van der Waals surface area contributed by atoms with Gasteiger partial charge in [0.05, 0.1) is 12.0 Å². The number of sulfonamides is 1. The molecule has 126 valence electrons. The molecule has 0 aromatic heterocycles. The number of carbonyl (C=O) groups is 1.